The molecule has 2 fully saturated rings. The van der Waals surface area contributed by atoms with Crippen molar-refractivity contribution in [2.45, 2.75) is 51.0 Å². The third kappa shape index (κ3) is 3.35. The number of piperidine rings is 1. The summed E-state index contributed by atoms with van der Waals surface area (Å²) in [5, 5.41) is 11.5. The van der Waals surface area contributed by atoms with Crippen LogP contribution in [0.5, 0.6) is 0 Å². The van der Waals surface area contributed by atoms with Crippen LogP contribution >= 0.6 is 0 Å². The average Bonchev–Trinajstić information content (AvgIpc) is 2.71. The van der Waals surface area contributed by atoms with Gasteiger partial charge in [-0.25, -0.2) is 9.69 Å². The summed E-state index contributed by atoms with van der Waals surface area (Å²) in [7, 11) is 0. The first kappa shape index (κ1) is 15.8. The first-order valence-electron chi connectivity index (χ1n) is 7.86. The van der Waals surface area contributed by atoms with Crippen LogP contribution in [0, 0.1) is 11.3 Å². The molecule has 0 aliphatic carbocycles. The van der Waals surface area contributed by atoms with Crippen LogP contribution in [0.1, 0.15) is 45.4 Å². The normalized spacial score (nSPS) is 21.6. The number of carbonyl (C=O) groups is 2. The molecule has 1 spiro atoms. The molecule has 0 aromatic carbocycles. The maximum absolute atomic E-state index is 12.4. The van der Waals surface area contributed by atoms with E-state index in [0.29, 0.717) is 12.8 Å². The molecule has 6 nitrogen and oxygen atoms in total. The minimum absolute atomic E-state index is 0.160. The van der Waals surface area contributed by atoms with Crippen molar-refractivity contribution in [1.82, 2.24) is 15.1 Å². The van der Waals surface area contributed by atoms with Gasteiger partial charge in [0.2, 0.25) is 0 Å². The Hall–Kier alpha value is -1.61. The van der Waals surface area contributed by atoms with E-state index in [2.05, 4.69) is 17.1 Å². The van der Waals surface area contributed by atoms with Crippen molar-refractivity contribution in [1.29, 1.82) is 5.26 Å². The van der Waals surface area contributed by atoms with Gasteiger partial charge in [-0.2, -0.15) is 5.26 Å². The Kier molecular flexibility index (Phi) is 5.18. The predicted octanol–water partition coefficient (Wildman–Crippen LogP) is 1.48. The Morgan fingerprint density at radius 2 is 1.95 bits per heavy atom. The van der Waals surface area contributed by atoms with Gasteiger partial charge in [-0.05, 0) is 25.8 Å². The Balaban J connectivity index is 1.84. The topological polar surface area (TPSA) is 76.4 Å². The minimum Gasteiger partial charge on any atom is -0.323 e. The number of nitrogens with zero attached hydrogens (tertiary/aromatic N) is 3. The second kappa shape index (κ2) is 6.90. The molecule has 3 amide bonds. The van der Waals surface area contributed by atoms with Crippen LogP contribution in [0.15, 0.2) is 0 Å². The predicted molar refractivity (Wildman–Crippen MR) is 78.4 cm³/mol. The highest BCUT2D eigenvalue weighted by atomic mass is 16.2. The van der Waals surface area contributed by atoms with Gasteiger partial charge in [0.1, 0.15) is 12.1 Å². The van der Waals surface area contributed by atoms with Gasteiger partial charge in [0, 0.05) is 13.1 Å². The molecule has 21 heavy (non-hydrogen) atoms. The zero-order valence-electron chi connectivity index (χ0n) is 12.7. The number of hydrogen-bond donors (Lipinski definition) is 1. The Bertz CT molecular complexity index is 435. The van der Waals surface area contributed by atoms with Gasteiger partial charge in [-0.3, -0.25) is 4.79 Å². The molecular weight excluding hydrogens is 268 g/mol. The number of imide groups is 1. The molecule has 0 radical (unpaired) electrons. The van der Waals surface area contributed by atoms with Gasteiger partial charge in [0.25, 0.3) is 5.91 Å². The second-order valence-electron chi connectivity index (χ2n) is 5.96. The highest BCUT2D eigenvalue weighted by Gasteiger charge is 2.52. The number of nitrogens with one attached hydrogen (secondary N) is 1. The highest BCUT2D eigenvalue weighted by Crippen LogP contribution is 2.29. The van der Waals surface area contributed by atoms with Crippen molar-refractivity contribution in [3.05, 3.63) is 0 Å². The Morgan fingerprint density at radius 3 is 2.57 bits per heavy atom. The van der Waals surface area contributed by atoms with Crippen molar-refractivity contribution >= 4 is 11.9 Å². The number of nitriles is 1. The zero-order valence-corrected chi connectivity index (χ0v) is 12.7. The second-order valence-corrected chi connectivity index (χ2v) is 5.96. The number of likely N-dealkylation sites (tertiary alicyclic amines) is 1. The number of unbranched alkanes of at least 4 members (excludes halogenated alkanes) is 3. The third-order valence-corrected chi connectivity index (χ3v) is 4.51. The smallest absolute Gasteiger partial charge is 0.323 e. The largest absolute Gasteiger partial charge is 0.325 e. The van der Waals surface area contributed by atoms with Crippen LogP contribution in [-0.2, 0) is 4.79 Å². The summed E-state index contributed by atoms with van der Waals surface area (Å²) in [6, 6.07) is 1.46. The highest BCUT2D eigenvalue weighted by molar-refractivity contribution is 6.07. The molecule has 0 bridgehead atoms. The fourth-order valence-electron chi connectivity index (χ4n) is 3.15. The maximum atomic E-state index is 12.4. The van der Waals surface area contributed by atoms with Gasteiger partial charge < -0.3 is 10.2 Å². The fourth-order valence-corrected chi connectivity index (χ4v) is 3.15. The van der Waals surface area contributed by atoms with E-state index < -0.39 is 11.6 Å². The lowest BCUT2D eigenvalue weighted by molar-refractivity contribution is -0.132. The van der Waals surface area contributed by atoms with Crippen molar-refractivity contribution < 1.29 is 9.59 Å². The molecule has 0 saturated carbocycles. The molecule has 2 heterocycles. The van der Waals surface area contributed by atoms with E-state index in [4.69, 9.17) is 5.26 Å². The quantitative estimate of drug-likeness (QED) is 0.457. The number of carbonyl (C=O) groups excluding carboxylic acids is 2. The van der Waals surface area contributed by atoms with Gasteiger partial charge in [-0.15, -0.1) is 0 Å². The lowest BCUT2D eigenvalue weighted by Crippen LogP contribution is -2.55. The van der Waals surface area contributed by atoms with Gasteiger partial charge in [0.15, 0.2) is 0 Å². The summed E-state index contributed by atoms with van der Waals surface area (Å²) in [5.41, 5.74) is -0.756. The molecule has 0 atom stereocenters. The number of urea groups is 1. The summed E-state index contributed by atoms with van der Waals surface area (Å²) in [4.78, 5) is 27.6. The van der Waals surface area contributed by atoms with Crippen molar-refractivity contribution in [3.8, 4) is 6.07 Å². The van der Waals surface area contributed by atoms with Crippen molar-refractivity contribution in [3.63, 3.8) is 0 Å². The summed E-state index contributed by atoms with van der Waals surface area (Å²) in [6.07, 6.45) is 6.25. The summed E-state index contributed by atoms with van der Waals surface area (Å²) in [6.45, 7) is 4.77. The summed E-state index contributed by atoms with van der Waals surface area (Å²) in [5.74, 6) is -0.223. The molecule has 1 N–H and O–H groups in total. The van der Waals surface area contributed by atoms with E-state index >= 15 is 0 Å². The molecule has 2 aliphatic heterocycles. The first-order valence-corrected chi connectivity index (χ1v) is 7.86. The van der Waals surface area contributed by atoms with Gasteiger partial charge in [-0.1, -0.05) is 26.2 Å². The first-order chi connectivity index (χ1) is 10.1. The van der Waals surface area contributed by atoms with Crippen LogP contribution < -0.4 is 5.32 Å². The molecule has 116 valence electrons. The molecule has 0 aromatic rings. The summed E-state index contributed by atoms with van der Waals surface area (Å²) < 4.78 is 0. The molecule has 2 saturated heterocycles. The third-order valence-electron chi connectivity index (χ3n) is 4.51. The average molecular weight is 292 g/mol. The monoisotopic (exact) mass is 292 g/mol. The van der Waals surface area contributed by atoms with Crippen molar-refractivity contribution in [2.75, 3.05) is 26.2 Å². The van der Waals surface area contributed by atoms with E-state index in [1.807, 2.05) is 6.07 Å². The maximum Gasteiger partial charge on any atom is 0.325 e. The Morgan fingerprint density at radius 1 is 1.24 bits per heavy atom. The van der Waals surface area contributed by atoms with Crippen LogP contribution in [0.2, 0.25) is 0 Å². The fraction of sp³-hybridized carbons (Fsp3) is 0.800. The van der Waals surface area contributed by atoms with Crippen LogP contribution in [0.3, 0.4) is 0 Å². The van der Waals surface area contributed by atoms with E-state index in [-0.39, 0.29) is 12.5 Å². The van der Waals surface area contributed by atoms with E-state index in [1.54, 1.807) is 0 Å². The molecule has 2 aliphatic rings. The molecule has 2 rings (SSSR count). The van der Waals surface area contributed by atoms with Crippen molar-refractivity contribution in [2.24, 2.45) is 0 Å². The zero-order chi connectivity index (χ0) is 15.3. The lowest BCUT2D eigenvalue weighted by atomic mass is 9.87. The van der Waals surface area contributed by atoms with Crippen LogP contribution in [-0.4, -0.2) is 53.5 Å². The van der Waals surface area contributed by atoms with E-state index in [0.717, 1.165) is 24.5 Å². The number of rotatable bonds is 6. The Labute approximate surface area is 126 Å². The van der Waals surface area contributed by atoms with Crippen LogP contribution in [0.25, 0.3) is 0 Å². The molecule has 6 heteroatoms. The van der Waals surface area contributed by atoms with Gasteiger partial charge >= 0.3 is 6.03 Å². The minimum atomic E-state index is -0.756. The number of amides is 3. The van der Waals surface area contributed by atoms with E-state index in [9.17, 15) is 9.59 Å². The number of hydrogen-bond acceptors (Lipinski definition) is 4. The lowest BCUT2D eigenvalue weighted by Gasteiger charge is -2.37. The van der Waals surface area contributed by atoms with Crippen LogP contribution in [0.4, 0.5) is 4.79 Å². The van der Waals surface area contributed by atoms with Gasteiger partial charge in [0.05, 0.1) is 6.07 Å². The molecule has 0 aromatic heterocycles. The molecule has 0 unspecified atom stereocenters. The van der Waals surface area contributed by atoms with E-state index in [1.165, 1.54) is 25.7 Å². The standard InChI is InChI=1S/C15H24N4O2/c1-2-3-4-5-9-18-10-6-15(7-11-18)13(20)19(12-8-16)14(21)17-15/h2-7,9-12H2,1H3,(H,17,21). The SMILES string of the molecule is CCCCCCN1CCC2(CC1)NC(=O)N(CC#N)C2=O. The summed E-state index contributed by atoms with van der Waals surface area (Å²) >= 11 is 0. The molecular formula is C15H24N4O2.